The molecular formula is C14H21N3O3. The Bertz CT molecular complexity index is 547. The van der Waals surface area contributed by atoms with Gasteiger partial charge in [-0.1, -0.05) is 19.3 Å². The van der Waals surface area contributed by atoms with Crippen LogP contribution in [0.3, 0.4) is 0 Å². The molecule has 1 heterocycles. The van der Waals surface area contributed by atoms with Crippen LogP contribution < -0.4 is 10.5 Å². The summed E-state index contributed by atoms with van der Waals surface area (Å²) >= 11 is 0. The molecule has 1 aromatic heterocycles. The summed E-state index contributed by atoms with van der Waals surface area (Å²) < 4.78 is 1.47. The van der Waals surface area contributed by atoms with E-state index in [-0.39, 0.29) is 12.0 Å². The maximum Gasteiger partial charge on any atom is 0.305 e. The molecule has 0 spiro atoms. The Balaban J connectivity index is 2.40. The molecule has 0 radical (unpaired) electrons. The Morgan fingerprint density at radius 1 is 1.45 bits per heavy atom. The lowest BCUT2D eigenvalue weighted by Crippen LogP contribution is -2.52. The number of aryl methyl sites for hydroxylation is 1. The van der Waals surface area contributed by atoms with Crippen molar-refractivity contribution in [1.29, 1.82) is 0 Å². The normalized spacial score (nSPS) is 17.7. The Morgan fingerprint density at radius 3 is 2.70 bits per heavy atom. The summed E-state index contributed by atoms with van der Waals surface area (Å²) in [5, 5.41) is 9.22. The van der Waals surface area contributed by atoms with Crippen LogP contribution in [0.15, 0.2) is 17.2 Å². The van der Waals surface area contributed by atoms with Gasteiger partial charge in [0.2, 0.25) is 0 Å². The largest absolute Gasteiger partial charge is 0.481 e. The molecule has 1 saturated carbocycles. The lowest BCUT2D eigenvalue weighted by Gasteiger charge is -2.44. The summed E-state index contributed by atoms with van der Waals surface area (Å²) in [5.74, 6) is -0.496. The molecule has 1 aliphatic carbocycles. The maximum atomic E-state index is 12.2. The van der Waals surface area contributed by atoms with Gasteiger partial charge in [0.25, 0.3) is 5.56 Å². The Hall–Kier alpha value is -1.85. The van der Waals surface area contributed by atoms with Crippen molar-refractivity contribution < 1.29 is 9.90 Å². The summed E-state index contributed by atoms with van der Waals surface area (Å²) in [6.45, 7) is 0. The molecule has 20 heavy (non-hydrogen) atoms. The number of carboxylic acids is 1. The van der Waals surface area contributed by atoms with E-state index in [1.54, 1.807) is 31.4 Å². The molecule has 1 aliphatic rings. The number of rotatable bonds is 4. The first-order valence-electron chi connectivity index (χ1n) is 6.93. The van der Waals surface area contributed by atoms with Crippen LogP contribution in [0.25, 0.3) is 0 Å². The van der Waals surface area contributed by atoms with Gasteiger partial charge in [0.05, 0.1) is 12.0 Å². The fourth-order valence-corrected chi connectivity index (χ4v) is 3.06. The summed E-state index contributed by atoms with van der Waals surface area (Å²) in [5.41, 5.74) is -0.685. The van der Waals surface area contributed by atoms with E-state index in [0.29, 0.717) is 5.82 Å². The molecule has 110 valence electrons. The van der Waals surface area contributed by atoms with E-state index in [9.17, 15) is 14.7 Å². The van der Waals surface area contributed by atoms with E-state index in [0.717, 1.165) is 32.1 Å². The monoisotopic (exact) mass is 279 g/mol. The highest BCUT2D eigenvalue weighted by molar-refractivity contribution is 5.69. The average molecular weight is 279 g/mol. The van der Waals surface area contributed by atoms with Gasteiger partial charge in [-0.2, -0.15) is 0 Å². The summed E-state index contributed by atoms with van der Waals surface area (Å²) in [6.07, 6.45) is 7.90. The molecule has 6 heteroatoms. The molecule has 0 bridgehead atoms. The predicted octanol–water partition coefficient (Wildman–Crippen LogP) is 1.39. The van der Waals surface area contributed by atoms with Gasteiger partial charge in [-0.3, -0.25) is 9.59 Å². The summed E-state index contributed by atoms with van der Waals surface area (Å²) in [6, 6.07) is 0. The van der Waals surface area contributed by atoms with Crippen LogP contribution >= 0.6 is 0 Å². The van der Waals surface area contributed by atoms with Gasteiger partial charge in [0.1, 0.15) is 0 Å². The van der Waals surface area contributed by atoms with Crippen LogP contribution in [0.4, 0.5) is 5.82 Å². The average Bonchev–Trinajstić information content (AvgIpc) is 2.41. The molecule has 0 aliphatic heterocycles. The topological polar surface area (TPSA) is 75.4 Å². The lowest BCUT2D eigenvalue weighted by molar-refractivity contribution is -0.138. The number of hydrogen-bond donors (Lipinski definition) is 1. The Kier molecular flexibility index (Phi) is 4.11. The highest BCUT2D eigenvalue weighted by Crippen LogP contribution is 2.37. The smallest absolute Gasteiger partial charge is 0.305 e. The molecule has 1 aromatic rings. The zero-order chi connectivity index (χ0) is 14.8. The highest BCUT2D eigenvalue weighted by Gasteiger charge is 2.39. The molecule has 1 fully saturated rings. The van der Waals surface area contributed by atoms with Crippen LogP contribution in [0.5, 0.6) is 0 Å². The molecule has 0 saturated heterocycles. The van der Waals surface area contributed by atoms with Gasteiger partial charge >= 0.3 is 5.97 Å². The van der Waals surface area contributed by atoms with Crippen LogP contribution in [-0.2, 0) is 11.8 Å². The van der Waals surface area contributed by atoms with Gasteiger partial charge < -0.3 is 14.6 Å². The first kappa shape index (κ1) is 14.6. The third-order valence-corrected chi connectivity index (χ3v) is 4.29. The highest BCUT2D eigenvalue weighted by atomic mass is 16.4. The fraction of sp³-hybridized carbons (Fsp3) is 0.643. The third-order valence-electron chi connectivity index (χ3n) is 4.29. The molecule has 2 rings (SSSR count). The Labute approximate surface area is 118 Å². The predicted molar refractivity (Wildman–Crippen MR) is 75.9 cm³/mol. The van der Waals surface area contributed by atoms with Crippen molar-refractivity contribution in [2.45, 2.75) is 44.1 Å². The van der Waals surface area contributed by atoms with E-state index in [4.69, 9.17) is 0 Å². The molecular weight excluding hydrogens is 258 g/mol. The van der Waals surface area contributed by atoms with Crippen molar-refractivity contribution in [3.8, 4) is 0 Å². The van der Waals surface area contributed by atoms with Crippen molar-refractivity contribution in [3.63, 3.8) is 0 Å². The standard InChI is InChI=1S/C14H21N3O3/c1-16-9-8-15-12(13(16)20)17(2)14(10-11(18)19)6-4-3-5-7-14/h8-9H,3-7,10H2,1-2H3,(H,18,19). The SMILES string of the molecule is CN(c1nccn(C)c1=O)C1(CC(=O)O)CCCCC1. The van der Waals surface area contributed by atoms with E-state index < -0.39 is 11.5 Å². The second kappa shape index (κ2) is 5.64. The van der Waals surface area contributed by atoms with Crippen LogP contribution in [0.1, 0.15) is 38.5 Å². The van der Waals surface area contributed by atoms with Crippen molar-refractivity contribution in [3.05, 3.63) is 22.7 Å². The second-order valence-electron chi connectivity index (χ2n) is 5.58. The maximum absolute atomic E-state index is 12.2. The zero-order valence-electron chi connectivity index (χ0n) is 12.0. The van der Waals surface area contributed by atoms with Gasteiger partial charge in [0.15, 0.2) is 5.82 Å². The van der Waals surface area contributed by atoms with Gasteiger partial charge in [-0.15, -0.1) is 0 Å². The van der Waals surface area contributed by atoms with Crippen LogP contribution in [0.2, 0.25) is 0 Å². The van der Waals surface area contributed by atoms with Gasteiger partial charge in [-0.25, -0.2) is 4.98 Å². The third kappa shape index (κ3) is 2.69. The van der Waals surface area contributed by atoms with Crippen molar-refractivity contribution in [1.82, 2.24) is 9.55 Å². The first-order chi connectivity index (χ1) is 9.46. The van der Waals surface area contributed by atoms with Crippen LogP contribution in [-0.4, -0.2) is 33.2 Å². The van der Waals surface area contributed by atoms with Crippen LogP contribution in [0, 0.1) is 0 Å². The molecule has 1 N–H and O–H groups in total. The van der Waals surface area contributed by atoms with Crippen molar-refractivity contribution in [2.75, 3.05) is 11.9 Å². The molecule has 0 aromatic carbocycles. The number of carboxylic acid groups (broad SMARTS) is 1. The van der Waals surface area contributed by atoms with E-state index in [1.807, 2.05) is 0 Å². The first-order valence-corrected chi connectivity index (χ1v) is 6.93. The van der Waals surface area contributed by atoms with Crippen molar-refractivity contribution in [2.24, 2.45) is 7.05 Å². The molecule has 6 nitrogen and oxygen atoms in total. The summed E-state index contributed by atoms with van der Waals surface area (Å²) in [4.78, 5) is 29.4. The van der Waals surface area contributed by atoms with E-state index in [2.05, 4.69) is 4.98 Å². The number of anilines is 1. The zero-order valence-corrected chi connectivity index (χ0v) is 12.0. The number of hydrogen-bond acceptors (Lipinski definition) is 4. The van der Waals surface area contributed by atoms with Crippen molar-refractivity contribution >= 4 is 11.8 Å². The number of aromatic nitrogens is 2. The Morgan fingerprint density at radius 2 is 2.10 bits per heavy atom. The van der Waals surface area contributed by atoms with Gasteiger partial charge in [-0.05, 0) is 12.8 Å². The summed E-state index contributed by atoms with van der Waals surface area (Å²) in [7, 11) is 3.46. The minimum absolute atomic E-state index is 0.0449. The molecule has 0 unspecified atom stereocenters. The van der Waals surface area contributed by atoms with E-state index in [1.165, 1.54) is 4.57 Å². The quantitative estimate of drug-likeness (QED) is 0.901. The number of nitrogens with zero attached hydrogens (tertiary/aromatic N) is 3. The molecule has 0 amide bonds. The minimum Gasteiger partial charge on any atom is -0.481 e. The fourth-order valence-electron chi connectivity index (χ4n) is 3.06. The lowest BCUT2D eigenvalue weighted by atomic mass is 9.78. The molecule has 0 atom stereocenters. The number of carbonyl (C=O) groups is 1. The minimum atomic E-state index is -0.827. The second-order valence-corrected chi connectivity index (χ2v) is 5.58. The number of aliphatic carboxylic acids is 1. The van der Waals surface area contributed by atoms with Gasteiger partial charge in [0, 0.05) is 26.5 Å². The van der Waals surface area contributed by atoms with E-state index >= 15 is 0 Å².